The summed E-state index contributed by atoms with van der Waals surface area (Å²) in [5, 5.41) is 6.73. The van der Waals surface area contributed by atoms with E-state index in [1.54, 1.807) is 32.0 Å². The first kappa shape index (κ1) is 29.7. The normalized spacial score (nSPS) is 11.0. The summed E-state index contributed by atoms with van der Waals surface area (Å²) in [4.78, 5) is 43.0. The van der Waals surface area contributed by atoms with Crippen LogP contribution in [0.5, 0.6) is 28.9 Å². The van der Waals surface area contributed by atoms with E-state index in [0.29, 0.717) is 32.7 Å². The van der Waals surface area contributed by atoms with E-state index in [9.17, 15) is 18.8 Å². The van der Waals surface area contributed by atoms with Gasteiger partial charge in [-0.15, -0.1) is 5.10 Å². The van der Waals surface area contributed by atoms with Crippen LogP contribution in [0.2, 0.25) is 0 Å². The second kappa shape index (κ2) is 12.2. The molecule has 5 rings (SSSR count). The maximum Gasteiger partial charge on any atom is 0.418 e. The smallest absolute Gasteiger partial charge is 0.418 e. The molecule has 44 heavy (non-hydrogen) atoms. The molecule has 14 heteroatoms. The number of nitrogens with zero attached hydrogens (tertiary/aromatic N) is 4. The number of rotatable bonds is 8. The third-order valence-electron chi connectivity index (χ3n) is 6.34. The highest BCUT2D eigenvalue weighted by molar-refractivity contribution is 5.88. The van der Waals surface area contributed by atoms with E-state index in [2.05, 4.69) is 15.4 Å². The highest BCUT2D eigenvalue weighted by atomic mass is 19.1. The predicted octanol–water partition coefficient (Wildman–Crippen LogP) is 5.22. The van der Waals surface area contributed by atoms with E-state index < -0.39 is 40.9 Å². The van der Waals surface area contributed by atoms with Crippen molar-refractivity contribution in [1.29, 1.82) is 0 Å². The molecule has 3 aromatic carbocycles. The van der Waals surface area contributed by atoms with Crippen molar-refractivity contribution < 1.29 is 32.5 Å². The zero-order valence-electron chi connectivity index (χ0n) is 23.8. The van der Waals surface area contributed by atoms with E-state index in [0.717, 1.165) is 22.9 Å². The van der Waals surface area contributed by atoms with Crippen LogP contribution in [-0.4, -0.2) is 39.6 Å². The van der Waals surface area contributed by atoms with Gasteiger partial charge in [0.1, 0.15) is 11.6 Å². The Morgan fingerprint density at radius 2 is 1.59 bits per heavy atom. The summed E-state index contributed by atoms with van der Waals surface area (Å²) in [5.74, 6) is -1.09. The summed E-state index contributed by atoms with van der Waals surface area (Å²) >= 11 is 0. The summed E-state index contributed by atoms with van der Waals surface area (Å²) in [6, 6.07) is 12.6. The lowest BCUT2D eigenvalue weighted by Gasteiger charge is -2.14. The minimum Gasteiger partial charge on any atom is -0.493 e. The van der Waals surface area contributed by atoms with Gasteiger partial charge in [-0.3, -0.25) is 15.1 Å². The fraction of sp³-hybridized carbons (Fsp3) is 0.167. The maximum atomic E-state index is 15.1. The van der Waals surface area contributed by atoms with E-state index in [-0.39, 0.29) is 17.1 Å². The number of aromatic nitrogens is 4. The van der Waals surface area contributed by atoms with Crippen molar-refractivity contribution in [3.8, 4) is 34.6 Å². The van der Waals surface area contributed by atoms with Gasteiger partial charge in [-0.1, -0.05) is 0 Å². The van der Waals surface area contributed by atoms with Crippen LogP contribution >= 0.6 is 0 Å². The van der Waals surface area contributed by atoms with Crippen molar-refractivity contribution in [2.45, 2.75) is 19.9 Å². The number of halogens is 2. The Labute approximate surface area is 248 Å². The van der Waals surface area contributed by atoms with Gasteiger partial charge in [0.25, 0.3) is 0 Å². The molecular formula is C30H25F2N5O7. The molecule has 1 N–H and O–H groups in total. The Kier molecular flexibility index (Phi) is 8.24. The average molecular weight is 606 g/mol. The maximum absolute atomic E-state index is 15.1. The second-order valence-electron chi connectivity index (χ2n) is 9.54. The minimum absolute atomic E-state index is 0.0260. The molecule has 2 aromatic heterocycles. The number of ether oxygens (including phenoxy) is 4. The average Bonchev–Trinajstić information content (AvgIpc) is 3.00. The molecule has 0 saturated carbocycles. The summed E-state index contributed by atoms with van der Waals surface area (Å²) in [7, 11) is 2.98. The van der Waals surface area contributed by atoms with Gasteiger partial charge < -0.3 is 18.9 Å². The fourth-order valence-electron chi connectivity index (χ4n) is 4.23. The number of benzene rings is 3. The number of fused-ring (bicyclic) bond motifs is 1. The summed E-state index contributed by atoms with van der Waals surface area (Å²) in [6.45, 7) is 3.26. The minimum atomic E-state index is -1.18. The third-order valence-corrected chi connectivity index (χ3v) is 6.34. The monoisotopic (exact) mass is 605 g/mol. The van der Waals surface area contributed by atoms with E-state index in [4.69, 9.17) is 18.9 Å². The Morgan fingerprint density at radius 1 is 0.886 bits per heavy atom. The van der Waals surface area contributed by atoms with Crippen molar-refractivity contribution in [1.82, 2.24) is 19.3 Å². The number of amides is 1. The molecule has 0 fully saturated rings. The molecule has 0 aliphatic carbocycles. The molecule has 12 nitrogen and oxygen atoms in total. The van der Waals surface area contributed by atoms with Crippen molar-refractivity contribution in [3.05, 3.63) is 99.3 Å². The quantitative estimate of drug-likeness (QED) is 0.252. The summed E-state index contributed by atoms with van der Waals surface area (Å²) in [6.07, 6.45) is 0.317. The number of carbonyl (C=O) groups is 1. The van der Waals surface area contributed by atoms with E-state index in [1.807, 2.05) is 0 Å². The number of carbonyl (C=O) groups excluding carboxylic acids is 1. The Hall–Kier alpha value is -5.79. The first-order chi connectivity index (χ1) is 21.1. The molecule has 1 amide bonds. The van der Waals surface area contributed by atoms with E-state index in [1.165, 1.54) is 44.7 Å². The zero-order valence-corrected chi connectivity index (χ0v) is 23.8. The van der Waals surface area contributed by atoms with E-state index >= 15 is 4.39 Å². The molecule has 5 aromatic rings. The van der Waals surface area contributed by atoms with Crippen LogP contribution in [0.15, 0.2) is 76.4 Å². The topological polar surface area (TPSA) is 136 Å². The molecule has 0 bridgehead atoms. The number of hydrogen-bond donors (Lipinski definition) is 1. The van der Waals surface area contributed by atoms with Crippen molar-refractivity contribution in [2.75, 3.05) is 19.5 Å². The lowest BCUT2D eigenvalue weighted by atomic mass is 10.2. The Bertz CT molecular complexity index is 1990. The zero-order chi connectivity index (χ0) is 31.5. The lowest BCUT2D eigenvalue weighted by molar-refractivity contribution is 0.210. The number of hydrogen-bond acceptors (Lipinski definition) is 9. The number of pyridine rings is 1. The molecule has 226 valence electrons. The van der Waals surface area contributed by atoms with Gasteiger partial charge in [0, 0.05) is 29.4 Å². The SMILES string of the molecule is COc1cc2nccc(Oc3ccc(NC(=O)Oc4nn(C(C)C)c(=O)n(-c5ccc(F)cc5)c4=O)cc3F)c2cc1OC. The molecular weight excluding hydrogens is 580 g/mol. The second-order valence-corrected chi connectivity index (χ2v) is 9.54. The van der Waals surface area contributed by atoms with Crippen molar-refractivity contribution in [3.63, 3.8) is 0 Å². The van der Waals surface area contributed by atoms with Gasteiger partial charge in [-0.2, -0.15) is 0 Å². The van der Waals surface area contributed by atoms with Crippen LogP contribution in [0.3, 0.4) is 0 Å². The third kappa shape index (κ3) is 5.90. The van der Waals surface area contributed by atoms with Crippen LogP contribution in [0.1, 0.15) is 19.9 Å². The molecule has 0 saturated heterocycles. The van der Waals surface area contributed by atoms with Gasteiger partial charge in [0.15, 0.2) is 23.1 Å². The molecule has 2 heterocycles. The van der Waals surface area contributed by atoms with Crippen LogP contribution in [-0.2, 0) is 0 Å². The van der Waals surface area contributed by atoms with Crippen LogP contribution in [0.4, 0.5) is 19.3 Å². The van der Waals surface area contributed by atoms with Gasteiger partial charge >= 0.3 is 23.2 Å². The van der Waals surface area contributed by atoms with Gasteiger partial charge in [-0.25, -0.2) is 27.6 Å². The first-order valence-electron chi connectivity index (χ1n) is 13.1. The largest absolute Gasteiger partial charge is 0.493 e. The Balaban J connectivity index is 1.38. The molecule has 0 spiro atoms. The number of nitrogens with one attached hydrogen (secondary N) is 1. The Morgan fingerprint density at radius 3 is 2.25 bits per heavy atom. The first-order valence-corrected chi connectivity index (χ1v) is 13.1. The molecule has 0 atom stereocenters. The highest BCUT2D eigenvalue weighted by Crippen LogP contribution is 2.37. The summed E-state index contributed by atoms with van der Waals surface area (Å²) in [5.41, 5.74) is -1.33. The molecule has 0 radical (unpaired) electrons. The van der Waals surface area contributed by atoms with Gasteiger partial charge in [-0.05, 0) is 62.4 Å². The molecule has 0 unspecified atom stereocenters. The predicted molar refractivity (Wildman–Crippen MR) is 155 cm³/mol. The lowest BCUT2D eigenvalue weighted by Crippen LogP contribution is -2.42. The summed E-state index contributed by atoms with van der Waals surface area (Å²) < 4.78 is 51.8. The van der Waals surface area contributed by atoms with Crippen molar-refractivity contribution in [2.24, 2.45) is 0 Å². The fourth-order valence-corrected chi connectivity index (χ4v) is 4.23. The van der Waals surface area contributed by atoms with Gasteiger partial charge in [0.2, 0.25) is 0 Å². The number of methoxy groups -OCH3 is 2. The van der Waals surface area contributed by atoms with Gasteiger partial charge in [0.05, 0.1) is 31.5 Å². The highest BCUT2D eigenvalue weighted by Gasteiger charge is 2.21. The van der Waals surface area contributed by atoms with Crippen LogP contribution in [0.25, 0.3) is 16.6 Å². The molecule has 0 aliphatic rings. The van der Waals surface area contributed by atoms with Crippen LogP contribution < -0.4 is 35.5 Å². The molecule has 0 aliphatic heterocycles. The van der Waals surface area contributed by atoms with Crippen molar-refractivity contribution >= 4 is 22.7 Å². The van der Waals surface area contributed by atoms with Crippen LogP contribution in [0, 0.1) is 11.6 Å². The standard InChI is InChI=1S/C30H25F2N5O7/c1-16(2)37-30(40)36(19-8-5-17(31)6-9-19)28(38)27(35-37)44-29(39)34-18-7-10-24(21(32)13-18)43-23-11-12-33-22-15-26(42-4)25(41-3)14-20(22)23/h5-16H,1-4H3,(H,34,39). The number of anilines is 1.